The van der Waals surface area contributed by atoms with Crippen LogP contribution in [0.15, 0.2) is 48.5 Å². The summed E-state index contributed by atoms with van der Waals surface area (Å²) in [5.74, 6) is 0.720. The largest absolute Gasteiger partial charge is 0.483 e. The van der Waals surface area contributed by atoms with Crippen molar-refractivity contribution in [1.29, 1.82) is 0 Å². The highest BCUT2D eigenvalue weighted by Gasteiger charge is 2.29. The Morgan fingerprint density at radius 2 is 1.69 bits per heavy atom. The van der Waals surface area contributed by atoms with E-state index in [0.29, 0.717) is 12.5 Å². The molecule has 0 aromatic heterocycles. The first-order valence-corrected chi connectivity index (χ1v) is 11.7. The van der Waals surface area contributed by atoms with Gasteiger partial charge in [0.05, 0.1) is 0 Å². The number of carbonyl (C=O) groups excluding carboxylic acids is 2. The quantitative estimate of drug-likeness (QED) is 0.604. The van der Waals surface area contributed by atoms with E-state index in [2.05, 4.69) is 19.2 Å². The first-order chi connectivity index (χ1) is 15.4. The predicted molar refractivity (Wildman–Crippen MR) is 128 cm³/mol. The van der Waals surface area contributed by atoms with Gasteiger partial charge in [0.15, 0.2) is 6.61 Å². The highest BCUT2D eigenvalue weighted by Crippen LogP contribution is 2.26. The van der Waals surface area contributed by atoms with Crippen molar-refractivity contribution < 1.29 is 14.3 Å². The van der Waals surface area contributed by atoms with E-state index in [1.807, 2.05) is 62.4 Å². The maximum absolute atomic E-state index is 13.3. The van der Waals surface area contributed by atoms with Crippen molar-refractivity contribution in [2.75, 3.05) is 6.61 Å². The van der Waals surface area contributed by atoms with Crippen molar-refractivity contribution in [2.45, 2.75) is 77.9 Å². The molecule has 2 aromatic carbocycles. The van der Waals surface area contributed by atoms with Gasteiger partial charge in [-0.1, -0.05) is 69.2 Å². The second kappa shape index (κ2) is 11.2. The molecule has 1 fully saturated rings. The van der Waals surface area contributed by atoms with E-state index < -0.39 is 6.04 Å². The molecular weight excluding hydrogens is 400 g/mol. The predicted octanol–water partition coefficient (Wildman–Crippen LogP) is 4.97. The van der Waals surface area contributed by atoms with E-state index in [0.717, 1.165) is 48.1 Å². The van der Waals surface area contributed by atoms with Gasteiger partial charge in [-0.3, -0.25) is 9.59 Å². The lowest BCUT2D eigenvalue weighted by molar-refractivity contribution is -0.142. The van der Waals surface area contributed by atoms with Crippen molar-refractivity contribution in [3.05, 3.63) is 65.2 Å². The fourth-order valence-electron chi connectivity index (χ4n) is 4.26. The SMILES string of the molecule is Cc1ccccc1CN(C(=O)COc1ccccc1C(C)C)C(C)C(=O)NC1CCCC1. The van der Waals surface area contributed by atoms with E-state index in [1.54, 1.807) is 4.90 Å². The Hall–Kier alpha value is -2.82. The molecule has 0 aliphatic heterocycles. The van der Waals surface area contributed by atoms with Crippen LogP contribution in [-0.4, -0.2) is 35.4 Å². The van der Waals surface area contributed by atoms with E-state index in [-0.39, 0.29) is 24.5 Å². The van der Waals surface area contributed by atoms with Crippen molar-refractivity contribution in [1.82, 2.24) is 10.2 Å². The number of nitrogens with one attached hydrogen (secondary N) is 1. The van der Waals surface area contributed by atoms with Gasteiger partial charge < -0.3 is 15.0 Å². The van der Waals surface area contributed by atoms with Crippen LogP contribution in [0.1, 0.15) is 69.1 Å². The number of aryl methyl sites for hydroxylation is 1. The molecule has 1 aliphatic carbocycles. The molecule has 3 rings (SSSR count). The van der Waals surface area contributed by atoms with E-state index in [9.17, 15) is 9.59 Å². The number of rotatable bonds is 9. The van der Waals surface area contributed by atoms with Crippen LogP contribution in [0.3, 0.4) is 0 Å². The maximum Gasteiger partial charge on any atom is 0.261 e. The summed E-state index contributed by atoms with van der Waals surface area (Å²) in [4.78, 5) is 28.0. The molecule has 0 spiro atoms. The number of carbonyl (C=O) groups is 2. The Labute approximate surface area is 192 Å². The molecule has 2 aromatic rings. The number of benzene rings is 2. The topological polar surface area (TPSA) is 58.6 Å². The van der Waals surface area contributed by atoms with Gasteiger partial charge in [-0.25, -0.2) is 0 Å². The van der Waals surface area contributed by atoms with Crippen LogP contribution in [0.4, 0.5) is 0 Å². The molecule has 1 aliphatic rings. The van der Waals surface area contributed by atoms with Gasteiger partial charge in [0, 0.05) is 12.6 Å². The molecule has 5 heteroatoms. The van der Waals surface area contributed by atoms with Crippen LogP contribution in [0.25, 0.3) is 0 Å². The van der Waals surface area contributed by atoms with Crippen LogP contribution < -0.4 is 10.1 Å². The third-order valence-electron chi connectivity index (χ3n) is 6.36. The summed E-state index contributed by atoms with van der Waals surface area (Å²) in [6.07, 6.45) is 4.32. The standard InChI is InChI=1S/C27H36N2O3/c1-19(2)24-15-9-10-16-25(24)32-18-26(30)29(17-22-12-6-5-11-20(22)3)21(4)27(31)28-23-13-7-8-14-23/h5-6,9-12,15-16,19,21,23H,7-8,13-14,17-18H2,1-4H3,(H,28,31). The molecule has 0 bridgehead atoms. The van der Waals surface area contributed by atoms with Gasteiger partial charge in [0.1, 0.15) is 11.8 Å². The minimum atomic E-state index is -0.577. The summed E-state index contributed by atoms with van der Waals surface area (Å²) in [6.45, 7) is 8.31. The number of para-hydroxylation sites is 1. The van der Waals surface area contributed by atoms with Gasteiger partial charge in [-0.15, -0.1) is 0 Å². The summed E-state index contributed by atoms with van der Waals surface area (Å²) in [7, 11) is 0. The minimum Gasteiger partial charge on any atom is -0.483 e. The molecule has 0 saturated heterocycles. The fraction of sp³-hybridized carbons (Fsp3) is 0.481. The third kappa shape index (κ3) is 6.12. The summed E-state index contributed by atoms with van der Waals surface area (Å²) < 4.78 is 5.95. The molecule has 32 heavy (non-hydrogen) atoms. The number of hydrogen-bond acceptors (Lipinski definition) is 3. The Kier molecular flexibility index (Phi) is 8.32. The van der Waals surface area contributed by atoms with Crippen molar-refractivity contribution >= 4 is 11.8 Å². The number of nitrogens with zero attached hydrogens (tertiary/aromatic N) is 1. The van der Waals surface area contributed by atoms with Gasteiger partial charge in [-0.2, -0.15) is 0 Å². The number of hydrogen-bond donors (Lipinski definition) is 1. The zero-order chi connectivity index (χ0) is 23.1. The van der Waals surface area contributed by atoms with Crippen molar-refractivity contribution in [2.24, 2.45) is 0 Å². The Morgan fingerprint density at radius 3 is 2.38 bits per heavy atom. The highest BCUT2D eigenvalue weighted by molar-refractivity contribution is 5.88. The zero-order valence-electron chi connectivity index (χ0n) is 19.8. The molecule has 1 N–H and O–H groups in total. The average molecular weight is 437 g/mol. The lowest BCUT2D eigenvalue weighted by Gasteiger charge is -2.30. The maximum atomic E-state index is 13.3. The monoisotopic (exact) mass is 436 g/mol. The number of ether oxygens (including phenoxy) is 1. The normalized spacial score (nSPS) is 14.9. The fourth-order valence-corrected chi connectivity index (χ4v) is 4.26. The van der Waals surface area contributed by atoms with E-state index in [4.69, 9.17) is 4.74 Å². The molecular formula is C27H36N2O3. The summed E-state index contributed by atoms with van der Waals surface area (Å²) >= 11 is 0. The summed E-state index contributed by atoms with van der Waals surface area (Å²) in [5.41, 5.74) is 3.20. The Balaban J connectivity index is 1.75. The third-order valence-corrected chi connectivity index (χ3v) is 6.36. The summed E-state index contributed by atoms with van der Waals surface area (Å²) in [5, 5.41) is 3.14. The van der Waals surface area contributed by atoms with Crippen LogP contribution >= 0.6 is 0 Å². The average Bonchev–Trinajstić information content (AvgIpc) is 3.29. The van der Waals surface area contributed by atoms with Crippen molar-refractivity contribution in [3.63, 3.8) is 0 Å². The molecule has 2 amide bonds. The molecule has 0 radical (unpaired) electrons. The molecule has 1 saturated carbocycles. The molecule has 1 atom stereocenters. The second-order valence-corrected chi connectivity index (χ2v) is 9.10. The summed E-state index contributed by atoms with van der Waals surface area (Å²) in [6, 6.07) is 15.4. The zero-order valence-corrected chi connectivity index (χ0v) is 19.8. The Bertz CT molecular complexity index is 919. The van der Waals surface area contributed by atoms with Crippen LogP contribution in [-0.2, 0) is 16.1 Å². The molecule has 172 valence electrons. The Morgan fingerprint density at radius 1 is 1.03 bits per heavy atom. The van der Waals surface area contributed by atoms with Crippen LogP contribution in [0, 0.1) is 6.92 Å². The first kappa shape index (κ1) is 23.8. The molecule has 5 nitrogen and oxygen atoms in total. The van der Waals surface area contributed by atoms with Crippen molar-refractivity contribution in [3.8, 4) is 5.75 Å². The minimum absolute atomic E-state index is 0.0959. The van der Waals surface area contributed by atoms with Gasteiger partial charge in [0.25, 0.3) is 5.91 Å². The smallest absolute Gasteiger partial charge is 0.261 e. The molecule has 0 heterocycles. The first-order valence-electron chi connectivity index (χ1n) is 11.7. The number of amides is 2. The van der Waals surface area contributed by atoms with Gasteiger partial charge in [0.2, 0.25) is 5.91 Å². The lowest BCUT2D eigenvalue weighted by atomic mass is 10.0. The van der Waals surface area contributed by atoms with E-state index in [1.165, 1.54) is 0 Å². The van der Waals surface area contributed by atoms with E-state index >= 15 is 0 Å². The van der Waals surface area contributed by atoms with Gasteiger partial charge in [-0.05, 0) is 55.4 Å². The highest BCUT2D eigenvalue weighted by atomic mass is 16.5. The van der Waals surface area contributed by atoms with Crippen LogP contribution in [0.2, 0.25) is 0 Å². The second-order valence-electron chi connectivity index (χ2n) is 9.10. The van der Waals surface area contributed by atoms with Gasteiger partial charge >= 0.3 is 0 Å². The lowest BCUT2D eigenvalue weighted by Crippen LogP contribution is -2.50. The molecule has 1 unspecified atom stereocenters. The van der Waals surface area contributed by atoms with Crippen LogP contribution in [0.5, 0.6) is 5.75 Å².